The van der Waals surface area contributed by atoms with E-state index in [1.54, 1.807) is 54.5 Å². The highest BCUT2D eigenvalue weighted by Gasteiger charge is 2.18. The molecule has 27 heavy (non-hydrogen) atoms. The van der Waals surface area contributed by atoms with Crippen LogP contribution in [0.5, 0.6) is 5.75 Å². The summed E-state index contributed by atoms with van der Waals surface area (Å²) < 4.78 is 5.33. The first-order valence-electron chi connectivity index (χ1n) is 8.85. The molecule has 2 aromatic rings. The van der Waals surface area contributed by atoms with Gasteiger partial charge in [-0.2, -0.15) is 0 Å². The van der Waals surface area contributed by atoms with Gasteiger partial charge in [0.1, 0.15) is 17.0 Å². The van der Waals surface area contributed by atoms with Crippen molar-refractivity contribution >= 4 is 11.9 Å². The molecular weight excluding hydrogens is 344 g/mol. The molecule has 0 fully saturated rings. The first-order chi connectivity index (χ1) is 12.7. The summed E-state index contributed by atoms with van der Waals surface area (Å²) in [4.78, 5) is 30.1. The maximum Gasteiger partial charge on any atom is 0.306 e. The monoisotopic (exact) mass is 370 g/mol. The van der Waals surface area contributed by atoms with Gasteiger partial charge in [0.05, 0.1) is 0 Å². The summed E-state index contributed by atoms with van der Waals surface area (Å²) in [6.07, 6.45) is 2.20. The van der Waals surface area contributed by atoms with Crippen LogP contribution in [0.2, 0.25) is 0 Å². The van der Waals surface area contributed by atoms with Gasteiger partial charge in [-0.25, -0.2) is 0 Å². The Kier molecular flexibility index (Phi) is 6.55. The number of ether oxygens (including phenoxy) is 1. The Hall–Kier alpha value is -2.89. The number of pyridine rings is 1. The van der Waals surface area contributed by atoms with Gasteiger partial charge in [-0.3, -0.25) is 14.6 Å². The third-order valence-electron chi connectivity index (χ3n) is 3.85. The van der Waals surface area contributed by atoms with Crippen LogP contribution in [0.1, 0.15) is 48.8 Å². The molecule has 6 nitrogen and oxygen atoms in total. The van der Waals surface area contributed by atoms with E-state index >= 15 is 0 Å². The highest BCUT2D eigenvalue weighted by molar-refractivity contribution is 5.92. The minimum atomic E-state index is -0.534. The molecule has 0 atom stereocenters. The molecule has 0 saturated carbocycles. The largest absolute Gasteiger partial charge is 0.508 e. The Balaban J connectivity index is 2.08. The van der Waals surface area contributed by atoms with Crippen molar-refractivity contribution in [3.63, 3.8) is 0 Å². The molecule has 0 unspecified atom stereocenters. The summed E-state index contributed by atoms with van der Waals surface area (Å²) in [6.45, 7) is 5.81. The van der Waals surface area contributed by atoms with E-state index in [0.717, 1.165) is 11.1 Å². The molecule has 1 amide bonds. The van der Waals surface area contributed by atoms with Crippen molar-refractivity contribution in [2.75, 3.05) is 7.05 Å². The molecule has 6 heteroatoms. The Bertz CT molecular complexity index is 798. The van der Waals surface area contributed by atoms with Gasteiger partial charge in [0.2, 0.25) is 0 Å². The number of aromatic hydroxyl groups is 1. The number of aromatic nitrogens is 1. The van der Waals surface area contributed by atoms with Gasteiger partial charge >= 0.3 is 5.97 Å². The normalized spacial score (nSPS) is 11.1. The summed E-state index contributed by atoms with van der Waals surface area (Å²) in [6, 6.07) is 10.2. The zero-order chi connectivity index (χ0) is 20.0. The van der Waals surface area contributed by atoms with Crippen LogP contribution in [0.25, 0.3) is 0 Å². The van der Waals surface area contributed by atoms with Crippen molar-refractivity contribution < 1.29 is 19.4 Å². The number of amides is 1. The highest BCUT2D eigenvalue weighted by atomic mass is 16.6. The second-order valence-electron chi connectivity index (χ2n) is 7.42. The van der Waals surface area contributed by atoms with Crippen LogP contribution < -0.4 is 0 Å². The molecule has 2 rings (SSSR count). The molecule has 0 aliphatic rings. The zero-order valence-corrected chi connectivity index (χ0v) is 16.2. The third-order valence-corrected chi connectivity index (χ3v) is 3.85. The number of esters is 1. The number of benzene rings is 1. The summed E-state index contributed by atoms with van der Waals surface area (Å²) in [5.74, 6) is -0.367. The van der Waals surface area contributed by atoms with E-state index in [-0.39, 0.29) is 24.0 Å². The number of rotatable bonds is 6. The van der Waals surface area contributed by atoms with Gasteiger partial charge in [-0.15, -0.1) is 0 Å². The third kappa shape index (κ3) is 6.40. The van der Waals surface area contributed by atoms with E-state index in [9.17, 15) is 14.7 Å². The van der Waals surface area contributed by atoms with Crippen LogP contribution >= 0.6 is 0 Å². The summed E-state index contributed by atoms with van der Waals surface area (Å²) >= 11 is 0. The lowest BCUT2D eigenvalue weighted by Gasteiger charge is -2.21. The minimum absolute atomic E-state index is 0.122. The van der Waals surface area contributed by atoms with Crippen molar-refractivity contribution in [1.29, 1.82) is 0 Å². The molecule has 0 aliphatic heterocycles. The van der Waals surface area contributed by atoms with E-state index in [2.05, 4.69) is 4.98 Å². The van der Waals surface area contributed by atoms with Gasteiger partial charge in [0.15, 0.2) is 0 Å². The number of hydrogen-bond donors (Lipinski definition) is 1. The topological polar surface area (TPSA) is 79.7 Å². The lowest BCUT2D eigenvalue weighted by atomic mass is 10.0. The number of nitrogens with zero attached hydrogens (tertiary/aromatic N) is 2. The molecule has 0 bridgehead atoms. The average Bonchev–Trinajstić information content (AvgIpc) is 2.60. The fourth-order valence-corrected chi connectivity index (χ4v) is 2.64. The maximum atomic E-state index is 12.5. The molecular formula is C21H26N2O4. The number of carbonyl (C=O) groups is 2. The minimum Gasteiger partial charge on any atom is -0.508 e. The lowest BCUT2D eigenvalue weighted by molar-refractivity contribution is -0.154. The summed E-state index contributed by atoms with van der Waals surface area (Å²) in [7, 11) is 1.70. The average molecular weight is 370 g/mol. The van der Waals surface area contributed by atoms with Crippen LogP contribution in [0.3, 0.4) is 0 Å². The fraction of sp³-hybridized carbons (Fsp3) is 0.381. The number of aryl methyl sites for hydroxylation is 1. The van der Waals surface area contributed by atoms with Gasteiger partial charge in [0, 0.05) is 26.2 Å². The molecule has 0 spiro atoms. The van der Waals surface area contributed by atoms with Crippen molar-refractivity contribution in [1.82, 2.24) is 9.88 Å². The predicted octanol–water partition coefficient (Wildman–Crippen LogP) is 3.33. The van der Waals surface area contributed by atoms with Crippen molar-refractivity contribution in [3.8, 4) is 5.75 Å². The van der Waals surface area contributed by atoms with Crippen LogP contribution in [0.15, 0.2) is 42.6 Å². The molecule has 0 radical (unpaired) electrons. The number of hydrogen-bond acceptors (Lipinski definition) is 5. The van der Waals surface area contributed by atoms with E-state index in [1.165, 1.54) is 0 Å². The molecule has 1 aromatic heterocycles. The van der Waals surface area contributed by atoms with Crippen molar-refractivity contribution in [2.24, 2.45) is 0 Å². The molecule has 1 aromatic carbocycles. The Morgan fingerprint density at radius 3 is 2.52 bits per heavy atom. The highest BCUT2D eigenvalue weighted by Crippen LogP contribution is 2.21. The molecule has 0 saturated heterocycles. The first-order valence-corrected chi connectivity index (χ1v) is 8.85. The molecule has 144 valence electrons. The van der Waals surface area contributed by atoms with E-state index < -0.39 is 5.60 Å². The van der Waals surface area contributed by atoms with Crippen LogP contribution in [-0.4, -0.2) is 39.5 Å². The van der Waals surface area contributed by atoms with Gasteiger partial charge < -0.3 is 14.7 Å². The van der Waals surface area contributed by atoms with Crippen LogP contribution in [0.4, 0.5) is 0 Å². The smallest absolute Gasteiger partial charge is 0.306 e. The quantitative estimate of drug-likeness (QED) is 0.789. The fourth-order valence-electron chi connectivity index (χ4n) is 2.64. The van der Waals surface area contributed by atoms with Gasteiger partial charge in [-0.1, -0.05) is 12.1 Å². The number of carbonyl (C=O) groups excluding carboxylic acids is 2. The molecule has 1 heterocycles. The van der Waals surface area contributed by atoms with Gasteiger partial charge in [0.25, 0.3) is 5.91 Å². The Morgan fingerprint density at radius 2 is 1.89 bits per heavy atom. The van der Waals surface area contributed by atoms with Gasteiger partial charge in [-0.05, 0) is 62.6 Å². The van der Waals surface area contributed by atoms with E-state index in [0.29, 0.717) is 18.7 Å². The van der Waals surface area contributed by atoms with Crippen molar-refractivity contribution in [3.05, 3.63) is 59.4 Å². The Labute approximate surface area is 159 Å². The van der Waals surface area contributed by atoms with Crippen molar-refractivity contribution in [2.45, 2.75) is 45.8 Å². The molecule has 0 aliphatic carbocycles. The number of phenols is 1. The second kappa shape index (κ2) is 8.66. The zero-order valence-electron chi connectivity index (χ0n) is 16.2. The van der Waals surface area contributed by atoms with E-state index in [4.69, 9.17) is 4.74 Å². The standard InChI is InChI=1S/C21H26N2O4/c1-21(2,3)27-19(25)11-9-15-13-17(24)10-8-16(15)14-23(4)20(26)18-7-5-6-12-22-18/h5-8,10,12-13,24H,9,11,14H2,1-4H3. The summed E-state index contributed by atoms with van der Waals surface area (Å²) in [5.41, 5.74) is 1.51. The lowest BCUT2D eigenvalue weighted by Crippen LogP contribution is -2.27. The predicted molar refractivity (Wildman–Crippen MR) is 102 cm³/mol. The second-order valence-corrected chi connectivity index (χ2v) is 7.42. The first kappa shape index (κ1) is 20.4. The van der Waals surface area contributed by atoms with E-state index in [1.807, 2.05) is 20.8 Å². The molecule has 1 N–H and O–H groups in total. The van der Waals surface area contributed by atoms with Crippen LogP contribution in [-0.2, 0) is 22.5 Å². The SMILES string of the molecule is CN(Cc1ccc(O)cc1CCC(=O)OC(C)(C)C)C(=O)c1ccccn1. The van der Waals surface area contributed by atoms with Crippen LogP contribution in [0, 0.1) is 0 Å². The maximum absolute atomic E-state index is 12.5. The summed E-state index contributed by atoms with van der Waals surface area (Å²) in [5, 5.41) is 9.80. The number of phenolic OH excluding ortho intramolecular Hbond substituents is 1. The Morgan fingerprint density at radius 1 is 1.15 bits per heavy atom.